The lowest BCUT2D eigenvalue weighted by Crippen LogP contribution is -2.42. The Kier molecular flexibility index (Phi) is 4.90. The van der Waals surface area contributed by atoms with Crippen molar-refractivity contribution in [2.24, 2.45) is 5.92 Å². The van der Waals surface area contributed by atoms with Crippen LogP contribution in [0.1, 0.15) is 39.5 Å². The Bertz CT molecular complexity index is 152. The molecule has 0 amide bonds. The van der Waals surface area contributed by atoms with Crippen molar-refractivity contribution in [1.29, 1.82) is 0 Å². The van der Waals surface area contributed by atoms with Crippen molar-refractivity contribution in [3.8, 4) is 0 Å². The normalized spacial score (nSPS) is 22.1. The Balaban J connectivity index is 2.08. The van der Waals surface area contributed by atoms with E-state index in [1.54, 1.807) is 0 Å². The minimum Gasteiger partial charge on any atom is -0.310 e. The molecule has 2 atom stereocenters. The summed E-state index contributed by atoms with van der Waals surface area (Å²) in [6.45, 7) is 5.73. The van der Waals surface area contributed by atoms with Gasteiger partial charge in [-0.2, -0.15) is 0 Å². The quantitative estimate of drug-likeness (QED) is 0.703. The number of hydrogen-bond acceptors (Lipinski definition) is 2. The number of nitrogens with zero attached hydrogens (tertiary/aromatic N) is 1. The van der Waals surface area contributed by atoms with Crippen LogP contribution in [0.2, 0.25) is 0 Å². The molecule has 0 aromatic heterocycles. The lowest BCUT2D eigenvalue weighted by atomic mass is 9.81. The highest BCUT2D eigenvalue weighted by molar-refractivity contribution is 4.77. The highest BCUT2D eigenvalue weighted by atomic mass is 15.1. The zero-order valence-corrected chi connectivity index (χ0v) is 10.2. The molecule has 0 saturated heterocycles. The molecule has 0 aromatic rings. The van der Waals surface area contributed by atoms with Gasteiger partial charge < -0.3 is 10.2 Å². The van der Waals surface area contributed by atoms with Gasteiger partial charge in [0.05, 0.1) is 0 Å². The van der Waals surface area contributed by atoms with E-state index in [4.69, 9.17) is 0 Å². The van der Waals surface area contributed by atoms with E-state index in [1.807, 2.05) is 0 Å². The third-order valence-corrected chi connectivity index (χ3v) is 3.12. The molecule has 0 spiro atoms. The Hall–Kier alpha value is -0.0800. The maximum Gasteiger partial charge on any atom is 0.0168 e. The van der Waals surface area contributed by atoms with Crippen LogP contribution in [-0.4, -0.2) is 37.6 Å². The fourth-order valence-corrected chi connectivity index (χ4v) is 2.38. The fraction of sp³-hybridized carbons (Fsp3) is 1.00. The van der Waals surface area contributed by atoms with Crippen LogP contribution in [-0.2, 0) is 0 Å². The highest BCUT2D eigenvalue weighted by Gasteiger charge is 2.20. The monoisotopic (exact) mass is 198 g/mol. The molecule has 14 heavy (non-hydrogen) atoms. The van der Waals surface area contributed by atoms with Gasteiger partial charge in [0.25, 0.3) is 0 Å². The maximum atomic E-state index is 3.67. The summed E-state index contributed by atoms with van der Waals surface area (Å²) in [5.41, 5.74) is 0. The Morgan fingerprint density at radius 2 is 1.86 bits per heavy atom. The molecule has 1 fully saturated rings. The van der Waals surface area contributed by atoms with Gasteiger partial charge >= 0.3 is 0 Å². The van der Waals surface area contributed by atoms with Crippen molar-refractivity contribution in [3.63, 3.8) is 0 Å². The zero-order valence-electron chi connectivity index (χ0n) is 10.2. The molecule has 0 aromatic carbocycles. The zero-order chi connectivity index (χ0) is 10.6. The molecule has 1 aliphatic carbocycles. The smallest absolute Gasteiger partial charge is 0.0168 e. The first kappa shape index (κ1) is 12.0. The van der Waals surface area contributed by atoms with Crippen LogP contribution in [0, 0.1) is 5.92 Å². The molecule has 1 saturated carbocycles. The fourth-order valence-electron chi connectivity index (χ4n) is 2.38. The Morgan fingerprint density at radius 3 is 2.29 bits per heavy atom. The average molecular weight is 198 g/mol. The first-order valence-corrected chi connectivity index (χ1v) is 5.98. The average Bonchev–Trinajstić information content (AvgIpc) is 1.94. The van der Waals surface area contributed by atoms with Gasteiger partial charge in [-0.15, -0.1) is 0 Å². The summed E-state index contributed by atoms with van der Waals surface area (Å²) >= 11 is 0. The summed E-state index contributed by atoms with van der Waals surface area (Å²) < 4.78 is 0. The van der Waals surface area contributed by atoms with E-state index < -0.39 is 0 Å². The molecule has 0 heterocycles. The van der Waals surface area contributed by atoms with Gasteiger partial charge in [-0.1, -0.05) is 19.3 Å². The van der Waals surface area contributed by atoms with Gasteiger partial charge in [-0.05, 0) is 40.3 Å². The Morgan fingerprint density at radius 1 is 1.21 bits per heavy atom. The van der Waals surface area contributed by atoms with Gasteiger partial charge in [0.15, 0.2) is 0 Å². The molecular formula is C12H26N2. The summed E-state index contributed by atoms with van der Waals surface area (Å²) in [6, 6.07) is 1.30. The number of hydrogen-bond donors (Lipinski definition) is 1. The number of rotatable bonds is 6. The van der Waals surface area contributed by atoms with Crippen LogP contribution in [0.5, 0.6) is 0 Å². The minimum absolute atomic E-state index is 0.611. The second kappa shape index (κ2) is 5.72. The molecule has 84 valence electrons. The third-order valence-electron chi connectivity index (χ3n) is 3.12. The molecule has 2 nitrogen and oxygen atoms in total. The molecule has 2 heteroatoms. The van der Waals surface area contributed by atoms with Crippen molar-refractivity contribution >= 4 is 0 Å². The highest BCUT2D eigenvalue weighted by Crippen LogP contribution is 2.30. The van der Waals surface area contributed by atoms with Gasteiger partial charge in [-0.25, -0.2) is 0 Å². The van der Waals surface area contributed by atoms with Gasteiger partial charge in [-0.3, -0.25) is 0 Å². The van der Waals surface area contributed by atoms with Crippen molar-refractivity contribution in [1.82, 2.24) is 10.2 Å². The van der Waals surface area contributed by atoms with E-state index in [0.717, 1.165) is 12.5 Å². The Labute approximate surface area is 89.1 Å². The molecule has 1 aliphatic rings. The van der Waals surface area contributed by atoms with E-state index >= 15 is 0 Å². The first-order chi connectivity index (χ1) is 6.58. The predicted molar refractivity (Wildman–Crippen MR) is 62.6 cm³/mol. The molecule has 0 bridgehead atoms. The van der Waals surface area contributed by atoms with Crippen LogP contribution >= 0.6 is 0 Å². The summed E-state index contributed by atoms with van der Waals surface area (Å²) in [7, 11) is 4.27. The number of nitrogens with one attached hydrogen (secondary N) is 1. The van der Waals surface area contributed by atoms with E-state index in [1.165, 1.54) is 25.7 Å². The lowest BCUT2D eigenvalue weighted by Gasteiger charge is -2.30. The first-order valence-electron chi connectivity index (χ1n) is 5.98. The van der Waals surface area contributed by atoms with E-state index in [-0.39, 0.29) is 0 Å². The summed E-state index contributed by atoms with van der Waals surface area (Å²) in [5.74, 6) is 1.02. The minimum atomic E-state index is 0.611. The molecule has 2 unspecified atom stereocenters. The second-order valence-corrected chi connectivity index (χ2v) is 5.26. The summed E-state index contributed by atoms with van der Waals surface area (Å²) in [5, 5.41) is 3.67. The van der Waals surface area contributed by atoms with Gasteiger partial charge in [0, 0.05) is 18.6 Å². The van der Waals surface area contributed by atoms with Gasteiger partial charge in [0.1, 0.15) is 0 Å². The van der Waals surface area contributed by atoms with Crippen LogP contribution < -0.4 is 5.32 Å². The van der Waals surface area contributed by atoms with Crippen LogP contribution in [0.4, 0.5) is 0 Å². The van der Waals surface area contributed by atoms with E-state index in [2.05, 4.69) is 38.2 Å². The van der Waals surface area contributed by atoms with Crippen LogP contribution in [0.15, 0.2) is 0 Å². The van der Waals surface area contributed by atoms with Crippen LogP contribution in [0.25, 0.3) is 0 Å². The van der Waals surface area contributed by atoms with Crippen molar-refractivity contribution in [2.75, 3.05) is 20.6 Å². The largest absolute Gasteiger partial charge is 0.310 e. The maximum absolute atomic E-state index is 3.67. The third kappa shape index (κ3) is 4.43. The van der Waals surface area contributed by atoms with Crippen molar-refractivity contribution in [3.05, 3.63) is 0 Å². The van der Waals surface area contributed by atoms with E-state index in [9.17, 15) is 0 Å². The van der Waals surface area contributed by atoms with Crippen molar-refractivity contribution in [2.45, 2.75) is 51.6 Å². The van der Waals surface area contributed by atoms with E-state index in [0.29, 0.717) is 12.1 Å². The molecule has 0 aliphatic heterocycles. The molecule has 1 rings (SSSR count). The predicted octanol–water partition coefficient (Wildman–Crippen LogP) is 2.10. The second-order valence-electron chi connectivity index (χ2n) is 5.26. The molecular weight excluding hydrogens is 172 g/mol. The van der Waals surface area contributed by atoms with Crippen LogP contribution in [0.3, 0.4) is 0 Å². The summed E-state index contributed by atoms with van der Waals surface area (Å²) in [4.78, 5) is 2.24. The topological polar surface area (TPSA) is 15.3 Å². The van der Waals surface area contributed by atoms with Crippen molar-refractivity contribution < 1.29 is 0 Å². The summed E-state index contributed by atoms with van der Waals surface area (Å²) in [6.07, 6.45) is 5.77. The molecule has 0 radical (unpaired) electrons. The standard InChI is InChI=1S/C12H26N2/c1-10(8-12-6-5-7-12)13-11(2)9-14(3)4/h10-13H,5-9H2,1-4H3. The molecule has 1 N–H and O–H groups in total. The number of likely N-dealkylation sites (N-methyl/N-ethyl adjacent to an activating group) is 1. The SMILES string of the molecule is CC(CC1CCC1)NC(C)CN(C)C. The lowest BCUT2D eigenvalue weighted by molar-refractivity contribution is 0.249. The van der Waals surface area contributed by atoms with Gasteiger partial charge in [0.2, 0.25) is 0 Å².